The Morgan fingerprint density at radius 1 is 1.40 bits per heavy atom. The zero-order valence-corrected chi connectivity index (χ0v) is 17.2. The molecule has 4 rings (SSSR count). The number of carbonyl (C=O) groups is 1. The quantitative estimate of drug-likeness (QED) is 0.309. The Kier molecular flexibility index (Phi) is 6.67. The number of nitrogens with one attached hydrogen (secondary N) is 2. The minimum Gasteiger partial charge on any atom is -0.389 e. The van der Waals surface area contributed by atoms with E-state index >= 15 is 0 Å². The largest absolute Gasteiger partial charge is 0.389 e. The van der Waals surface area contributed by atoms with Gasteiger partial charge < -0.3 is 9.57 Å². The third kappa shape index (κ3) is 5.40. The lowest BCUT2D eigenvalue weighted by Gasteiger charge is -2.10. The van der Waals surface area contributed by atoms with Crippen LogP contribution >= 0.6 is 23.1 Å². The maximum atomic E-state index is 13.2. The summed E-state index contributed by atoms with van der Waals surface area (Å²) in [5.41, 5.74) is 0.633. The smallest absolute Gasteiger partial charge is 0.280 e. The van der Waals surface area contributed by atoms with Gasteiger partial charge in [-0.05, 0) is 12.1 Å². The number of oxime groups is 1. The summed E-state index contributed by atoms with van der Waals surface area (Å²) in [5.74, 6) is 0.781. The van der Waals surface area contributed by atoms with Gasteiger partial charge in [-0.15, -0.1) is 11.8 Å². The molecule has 0 aliphatic carbocycles. The molecule has 1 amide bonds. The predicted molar refractivity (Wildman–Crippen MR) is 110 cm³/mol. The molecule has 1 fully saturated rings. The Bertz CT molecular complexity index is 1000. The molecule has 0 unspecified atom stereocenters. The van der Waals surface area contributed by atoms with Crippen molar-refractivity contribution in [1.82, 2.24) is 20.2 Å². The Labute approximate surface area is 179 Å². The molecule has 2 aromatic heterocycles. The van der Waals surface area contributed by atoms with Crippen molar-refractivity contribution in [2.24, 2.45) is 5.16 Å². The molecule has 30 heavy (non-hydrogen) atoms. The second kappa shape index (κ2) is 9.78. The molecule has 0 radical (unpaired) electrons. The molecule has 0 bridgehead atoms. The third-order valence-electron chi connectivity index (χ3n) is 4.05. The summed E-state index contributed by atoms with van der Waals surface area (Å²) in [7, 11) is 0. The van der Waals surface area contributed by atoms with Gasteiger partial charge in [0, 0.05) is 16.9 Å². The lowest BCUT2D eigenvalue weighted by atomic mass is 10.1. The maximum absolute atomic E-state index is 13.2. The Morgan fingerprint density at radius 2 is 2.27 bits per heavy atom. The Morgan fingerprint density at radius 3 is 2.93 bits per heavy atom. The van der Waals surface area contributed by atoms with Crippen molar-refractivity contribution in [2.45, 2.75) is 23.2 Å². The zero-order chi connectivity index (χ0) is 20.8. The predicted octanol–water partition coefficient (Wildman–Crippen LogP) is 2.84. The molecule has 12 heteroatoms. The maximum Gasteiger partial charge on any atom is 0.280 e. The summed E-state index contributed by atoms with van der Waals surface area (Å²) in [6, 6.07) is 7.29. The lowest BCUT2D eigenvalue weighted by Crippen LogP contribution is -2.25. The second-order valence-corrected chi connectivity index (χ2v) is 8.21. The van der Waals surface area contributed by atoms with Crippen molar-refractivity contribution >= 4 is 39.8 Å². The van der Waals surface area contributed by atoms with Gasteiger partial charge in [-0.1, -0.05) is 28.6 Å². The fourth-order valence-corrected chi connectivity index (χ4v) is 3.88. The number of benzene rings is 1. The van der Waals surface area contributed by atoms with Gasteiger partial charge in [0.15, 0.2) is 27.9 Å². The first kappa shape index (κ1) is 20.4. The van der Waals surface area contributed by atoms with Crippen LogP contribution in [0.2, 0.25) is 0 Å². The fourth-order valence-electron chi connectivity index (χ4n) is 2.58. The average molecular weight is 449 g/mol. The number of amides is 1. The summed E-state index contributed by atoms with van der Waals surface area (Å²) in [4.78, 5) is 27.1. The summed E-state index contributed by atoms with van der Waals surface area (Å²) >= 11 is 2.30. The molecule has 1 atom stereocenters. The van der Waals surface area contributed by atoms with Crippen molar-refractivity contribution in [2.75, 3.05) is 18.5 Å². The molecule has 1 aliphatic heterocycles. The topological polar surface area (TPSA) is 114 Å². The van der Waals surface area contributed by atoms with Crippen LogP contribution in [0.3, 0.4) is 0 Å². The van der Waals surface area contributed by atoms with Crippen molar-refractivity contribution < 1.29 is 18.8 Å². The van der Waals surface area contributed by atoms with E-state index in [9.17, 15) is 9.18 Å². The molecule has 3 aromatic rings. The fraction of sp³-hybridized carbons (Fsp3) is 0.278. The molecule has 0 saturated carbocycles. The molecule has 1 aliphatic rings. The first-order chi connectivity index (χ1) is 14.7. The molecular weight excluding hydrogens is 431 g/mol. The van der Waals surface area contributed by atoms with E-state index < -0.39 is 11.0 Å². The lowest BCUT2D eigenvalue weighted by molar-refractivity contribution is -0.110. The van der Waals surface area contributed by atoms with Gasteiger partial charge in [-0.25, -0.2) is 9.97 Å². The SMILES string of the molecule is O=C(Nc1ncc(F)s1)/C(=N/O[C@@H]1CCOC1)c1ccc(SCc2nc[nH]n2)cc1. The molecule has 0 spiro atoms. The van der Waals surface area contributed by atoms with E-state index in [1.807, 2.05) is 12.1 Å². The van der Waals surface area contributed by atoms with Gasteiger partial charge >= 0.3 is 0 Å². The van der Waals surface area contributed by atoms with E-state index in [1.54, 1.807) is 23.9 Å². The van der Waals surface area contributed by atoms with Gasteiger partial charge in [0.25, 0.3) is 5.91 Å². The standard InChI is InChI=1S/C18H17FN6O3S2/c19-14-7-20-18(30-14)23-17(26)16(25-28-12-5-6-27-8-12)11-1-3-13(4-2-11)29-9-15-21-10-22-24-15/h1-4,7,10,12H,5-6,8-9H2,(H,20,23,26)(H,21,22,24)/b25-16+/t12-/m1/s1. The molecule has 2 N–H and O–H groups in total. The summed E-state index contributed by atoms with van der Waals surface area (Å²) in [6.07, 6.45) is 3.07. The van der Waals surface area contributed by atoms with Crippen molar-refractivity contribution in [3.63, 3.8) is 0 Å². The highest BCUT2D eigenvalue weighted by molar-refractivity contribution is 7.98. The molecule has 1 saturated heterocycles. The molecule has 156 valence electrons. The van der Waals surface area contributed by atoms with Crippen LogP contribution < -0.4 is 5.32 Å². The minimum absolute atomic E-state index is 0.0722. The van der Waals surface area contributed by atoms with Crippen LogP contribution in [0.4, 0.5) is 9.52 Å². The number of thioether (sulfide) groups is 1. The number of ether oxygens (including phenoxy) is 1. The number of hydrogen-bond donors (Lipinski definition) is 2. The molecule has 9 nitrogen and oxygen atoms in total. The molecule has 3 heterocycles. The van der Waals surface area contributed by atoms with E-state index in [1.165, 1.54) is 6.33 Å². The number of nitrogens with zero attached hydrogens (tertiary/aromatic N) is 4. The van der Waals surface area contributed by atoms with Gasteiger partial charge in [0.05, 0.1) is 25.2 Å². The third-order valence-corrected chi connectivity index (χ3v) is 5.76. The molecule has 1 aromatic carbocycles. The second-order valence-electron chi connectivity index (χ2n) is 6.18. The number of rotatable bonds is 8. The highest BCUT2D eigenvalue weighted by atomic mass is 32.2. The monoisotopic (exact) mass is 448 g/mol. The van der Waals surface area contributed by atoms with E-state index in [0.29, 0.717) is 36.8 Å². The number of anilines is 1. The van der Waals surface area contributed by atoms with Crippen LogP contribution in [0.5, 0.6) is 0 Å². The zero-order valence-electron chi connectivity index (χ0n) is 15.6. The van der Waals surface area contributed by atoms with Gasteiger partial charge in [0.1, 0.15) is 6.33 Å². The number of thiazole rings is 1. The van der Waals surface area contributed by atoms with Crippen LogP contribution in [0.1, 0.15) is 17.8 Å². The van der Waals surface area contributed by atoms with Crippen LogP contribution in [0, 0.1) is 5.13 Å². The van der Waals surface area contributed by atoms with Gasteiger partial charge in [-0.2, -0.15) is 9.49 Å². The first-order valence-electron chi connectivity index (χ1n) is 8.99. The van der Waals surface area contributed by atoms with E-state index in [2.05, 4.69) is 30.6 Å². The molecular formula is C18H17FN6O3S2. The summed E-state index contributed by atoms with van der Waals surface area (Å²) in [5, 5.41) is 13.0. The number of carbonyl (C=O) groups excluding carboxylic acids is 1. The van der Waals surface area contributed by atoms with Gasteiger partial charge in [0.2, 0.25) is 0 Å². The number of halogens is 1. The Hall–Kier alpha value is -2.83. The first-order valence-corrected chi connectivity index (χ1v) is 10.8. The minimum atomic E-state index is -0.538. The van der Waals surface area contributed by atoms with E-state index in [0.717, 1.165) is 22.4 Å². The Balaban J connectivity index is 1.48. The highest BCUT2D eigenvalue weighted by Gasteiger charge is 2.21. The highest BCUT2D eigenvalue weighted by Crippen LogP contribution is 2.22. The van der Waals surface area contributed by atoms with Crippen molar-refractivity contribution in [1.29, 1.82) is 0 Å². The number of hydrogen-bond acceptors (Lipinski definition) is 9. The number of aromatic nitrogens is 4. The number of H-pyrrole nitrogens is 1. The normalized spacial score (nSPS) is 16.6. The van der Waals surface area contributed by atoms with Crippen LogP contribution in [-0.2, 0) is 20.1 Å². The summed E-state index contributed by atoms with van der Waals surface area (Å²) < 4.78 is 18.5. The van der Waals surface area contributed by atoms with Crippen LogP contribution in [0.15, 0.2) is 46.8 Å². The summed E-state index contributed by atoms with van der Waals surface area (Å²) in [6.45, 7) is 1.02. The van der Waals surface area contributed by atoms with Crippen molar-refractivity contribution in [3.05, 3.63) is 53.3 Å². The average Bonchev–Trinajstić information content (AvgIpc) is 3.51. The van der Waals surface area contributed by atoms with Crippen molar-refractivity contribution in [3.8, 4) is 0 Å². The number of aromatic amines is 1. The van der Waals surface area contributed by atoms with E-state index in [4.69, 9.17) is 9.57 Å². The van der Waals surface area contributed by atoms with E-state index in [-0.39, 0.29) is 16.9 Å². The van der Waals surface area contributed by atoms with Crippen LogP contribution in [-0.4, -0.2) is 51.1 Å². The van der Waals surface area contributed by atoms with Gasteiger partial charge in [-0.3, -0.25) is 15.2 Å². The van der Waals surface area contributed by atoms with Crippen LogP contribution in [0.25, 0.3) is 0 Å².